The molecule has 0 unspecified atom stereocenters. The third kappa shape index (κ3) is 19.5. The van der Waals surface area contributed by atoms with Gasteiger partial charge >= 0.3 is 0 Å². The minimum atomic E-state index is 0.903. The van der Waals surface area contributed by atoms with Gasteiger partial charge in [-0.15, -0.1) is 0 Å². The molecule has 0 heterocycles. The summed E-state index contributed by atoms with van der Waals surface area (Å²) < 4.78 is 5.53. The maximum Gasteiger partial charge on any atom is 0.0873 e. The summed E-state index contributed by atoms with van der Waals surface area (Å²) in [5.41, 5.74) is 0. The third-order valence-corrected chi connectivity index (χ3v) is 4.03. The summed E-state index contributed by atoms with van der Waals surface area (Å²) >= 11 is 0. The molecule has 0 rings (SSSR count). The highest BCUT2D eigenvalue weighted by atomic mass is 16.5. The van der Waals surface area contributed by atoms with E-state index in [2.05, 4.69) is 19.9 Å². The highest BCUT2D eigenvalue weighted by Gasteiger charge is 1.91. The van der Waals surface area contributed by atoms with Gasteiger partial charge in [-0.1, -0.05) is 90.9 Å². The molecule has 126 valence electrons. The van der Waals surface area contributed by atoms with Crippen LogP contribution in [0.2, 0.25) is 0 Å². The van der Waals surface area contributed by atoms with Crippen LogP contribution < -0.4 is 0 Å². The minimum absolute atomic E-state index is 0.903. The number of hydrogen-bond donors (Lipinski definition) is 0. The summed E-state index contributed by atoms with van der Waals surface area (Å²) in [6.45, 7) is 5.45. The van der Waals surface area contributed by atoms with Crippen molar-refractivity contribution in [2.45, 2.75) is 110 Å². The molecule has 0 fully saturated rings. The van der Waals surface area contributed by atoms with Crippen molar-refractivity contribution in [2.75, 3.05) is 6.61 Å². The molecule has 0 bridgehead atoms. The van der Waals surface area contributed by atoms with Gasteiger partial charge in [-0.05, 0) is 25.3 Å². The molecule has 0 saturated heterocycles. The van der Waals surface area contributed by atoms with E-state index in [0.29, 0.717) is 0 Å². The first kappa shape index (κ1) is 20.5. The summed E-state index contributed by atoms with van der Waals surface area (Å²) in [5.74, 6) is 0. The molecule has 1 nitrogen and oxygen atoms in total. The monoisotopic (exact) mass is 296 g/mol. The summed E-state index contributed by atoms with van der Waals surface area (Å²) in [6, 6.07) is 0. The summed E-state index contributed by atoms with van der Waals surface area (Å²) in [7, 11) is 0. The van der Waals surface area contributed by atoms with E-state index in [9.17, 15) is 0 Å². The van der Waals surface area contributed by atoms with Gasteiger partial charge in [0.25, 0.3) is 0 Å². The van der Waals surface area contributed by atoms with Crippen LogP contribution in [0.4, 0.5) is 0 Å². The minimum Gasteiger partial charge on any atom is -0.502 e. The van der Waals surface area contributed by atoms with Crippen molar-refractivity contribution < 1.29 is 4.74 Å². The molecule has 0 aliphatic rings. The van der Waals surface area contributed by atoms with Gasteiger partial charge in [0.15, 0.2) is 0 Å². The molecule has 1 heteroatoms. The van der Waals surface area contributed by atoms with E-state index < -0.39 is 0 Å². The Morgan fingerprint density at radius 1 is 0.571 bits per heavy atom. The summed E-state index contributed by atoms with van der Waals surface area (Å²) in [6.07, 6.45) is 24.5. The molecule has 0 aromatic rings. The Balaban J connectivity index is 3.02. The van der Waals surface area contributed by atoms with Crippen molar-refractivity contribution in [3.05, 3.63) is 12.3 Å². The fourth-order valence-electron chi connectivity index (χ4n) is 2.57. The second kappa shape index (κ2) is 19.5. The van der Waals surface area contributed by atoms with Crippen LogP contribution in [-0.4, -0.2) is 6.61 Å². The van der Waals surface area contributed by atoms with E-state index in [0.717, 1.165) is 6.61 Å². The summed E-state index contributed by atoms with van der Waals surface area (Å²) in [4.78, 5) is 0. The van der Waals surface area contributed by atoms with Gasteiger partial charge < -0.3 is 4.74 Å². The van der Waals surface area contributed by atoms with Gasteiger partial charge in [0.1, 0.15) is 0 Å². The van der Waals surface area contributed by atoms with Crippen molar-refractivity contribution in [1.82, 2.24) is 0 Å². The van der Waals surface area contributed by atoms with Crippen LogP contribution in [0.1, 0.15) is 110 Å². The molecular formula is C20H40O. The molecule has 0 aliphatic heterocycles. The number of hydrogen-bond acceptors (Lipinski definition) is 1. The number of allylic oxidation sites excluding steroid dienone is 1. The Bertz CT molecular complexity index is 198. The first-order chi connectivity index (χ1) is 10.4. The van der Waals surface area contributed by atoms with E-state index in [1.807, 2.05) is 6.26 Å². The van der Waals surface area contributed by atoms with Gasteiger partial charge in [-0.3, -0.25) is 0 Å². The molecular weight excluding hydrogens is 256 g/mol. The van der Waals surface area contributed by atoms with Gasteiger partial charge in [-0.2, -0.15) is 0 Å². The van der Waals surface area contributed by atoms with E-state index in [1.165, 1.54) is 96.3 Å². The fraction of sp³-hybridized carbons (Fsp3) is 0.900. The Kier molecular flexibility index (Phi) is 19.1. The van der Waals surface area contributed by atoms with E-state index in [-0.39, 0.29) is 0 Å². The number of ether oxygens (including phenoxy) is 1. The van der Waals surface area contributed by atoms with Crippen molar-refractivity contribution in [1.29, 1.82) is 0 Å². The second-order valence-corrected chi connectivity index (χ2v) is 6.27. The molecule has 0 aliphatic carbocycles. The van der Waals surface area contributed by atoms with Gasteiger partial charge in [0.05, 0.1) is 12.9 Å². The normalized spacial score (nSPS) is 11.3. The SMILES string of the molecule is CCCCCCCCCCC=COCCCCCCCC. The van der Waals surface area contributed by atoms with Crippen molar-refractivity contribution in [3.63, 3.8) is 0 Å². The standard InChI is InChI=1S/C20H40O/c1-3-5-7-9-11-12-13-14-16-18-20-21-19-17-15-10-8-6-4-2/h18,20H,3-17,19H2,1-2H3. The molecule has 0 spiro atoms. The lowest BCUT2D eigenvalue weighted by atomic mass is 10.1. The Labute approximate surface area is 134 Å². The van der Waals surface area contributed by atoms with Crippen LogP contribution in [0.25, 0.3) is 0 Å². The highest BCUT2D eigenvalue weighted by molar-refractivity contribution is 4.73. The predicted molar refractivity (Wildman–Crippen MR) is 95.7 cm³/mol. The molecule has 0 aromatic heterocycles. The number of unbranched alkanes of at least 4 members (excludes halogenated alkanes) is 13. The Hall–Kier alpha value is -0.460. The average molecular weight is 297 g/mol. The van der Waals surface area contributed by atoms with E-state index in [4.69, 9.17) is 4.74 Å². The lowest BCUT2D eigenvalue weighted by Gasteiger charge is -2.01. The molecule has 0 saturated carbocycles. The third-order valence-electron chi connectivity index (χ3n) is 4.03. The zero-order valence-corrected chi connectivity index (χ0v) is 14.9. The zero-order valence-electron chi connectivity index (χ0n) is 14.9. The van der Waals surface area contributed by atoms with Crippen molar-refractivity contribution in [3.8, 4) is 0 Å². The van der Waals surface area contributed by atoms with Gasteiger partial charge in [0, 0.05) is 0 Å². The van der Waals surface area contributed by atoms with E-state index >= 15 is 0 Å². The maximum atomic E-state index is 5.53. The van der Waals surface area contributed by atoms with Crippen LogP contribution in [0, 0.1) is 0 Å². The van der Waals surface area contributed by atoms with Crippen molar-refractivity contribution >= 4 is 0 Å². The zero-order chi connectivity index (χ0) is 15.4. The highest BCUT2D eigenvalue weighted by Crippen LogP contribution is 2.10. The largest absolute Gasteiger partial charge is 0.502 e. The first-order valence-electron chi connectivity index (χ1n) is 9.68. The summed E-state index contributed by atoms with van der Waals surface area (Å²) in [5, 5.41) is 0. The quantitative estimate of drug-likeness (QED) is 0.200. The molecule has 21 heavy (non-hydrogen) atoms. The Morgan fingerprint density at radius 3 is 1.62 bits per heavy atom. The fourth-order valence-corrected chi connectivity index (χ4v) is 2.57. The predicted octanol–water partition coefficient (Wildman–Crippen LogP) is 7.41. The average Bonchev–Trinajstić information content (AvgIpc) is 2.50. The van der Waals surface area contributed by atoms with Gasteiger partial charge in [0.2, 0.25) is 0 Å². The molecule has 0 N–H and O–H groups in total. The topological polar surface area (TPSA) is 9.23 Å². The molecule has 0 aromatic carbocycles. The molecule has 0 atom stereocenters. The Morgan fingerprint density at radius 2 is 1.05 bits per heavy atom. The van der Waals surface area contributed by atoms with Crippen LogP contribution >= 0.6 is 0 Å². The lowest BCUT2D eigenvalue weighted by molar-refractivity contribution is 0.239. The second-order valence-electron chi connectivity index (χ2n) is 6.27. The maximum absolute atomic E-state index is 5.53. The number of rotatable bonds is 17. The van der Waals surface area contributed by atoms with Gasteiger partial charge in [-0.25, -0.2) is 0 Å². The van der Waals surface area contributed by atoms with Crippen molar-refractivity contribution in [2.24, 2.45) is 0 Å². The lowest BCUT2D eigenvalue weighted by Crippen LogP contribution is -1.88. The van der Waals surface area contributed by atoms with Crippen LogP contribution in [0.3, 0.4) is 0 Å². The van der Waals surface area contributed by atoms with E-state index in [1.54, 1.807) is 0 Å². The van der Waals surface area contributed by atoms with Crippen LogP contribution in [0.15, 0.2) is 12.3 Å². The van der Waals surface area contributed by atoms with Crippen LogP contribution in [-0.2, 0) is 4.74 Å². The first-order valence-corrected chi connectivity index (χ1v) is 9.68. The van der Waals surface area contributed by atoms with Crippen LogP contribution in [0.5, 0.6) is 0 Å². The smallest absolute Gasteiger partial charge is 0.0873 e. The molecule has 0 radical (unpaired) electrons. The molecule has 0 amide bonds.